The standard InChI is InChI=1S/C18H12ClF4NO6/c1-29-15(25)11-5-4-10(19)8-13(11)17(20,16(26)30-2)12-6-3-9(18(21,22)23)7-14(12)24(27)28/h3-8H,1-2H3. The van der Waals surface area contributed by atoms with E-state index in [1.807, 2.05) is 0 Å². The van der Waals surface area contributed by atoms with Crippen LogP contribution in [-0.2, 0) is 26.1 Å². The smallest absolute Gasteiger partial charge is 0.416 e. The van der Waals surface area contributed by atoms with Crippen molar-refractivity contribution in [3.8, 4) is 0 Å². The zero-order valence-electron chi connectivity index (χ0n) is 15.3. The highest BCUT2D eigenvalue weighted by atomic mass is 35.5. The largest absolute Gasteiger partial charge is 0.466 e. The summed E-state index contributed by atoms with van der Waals surface area (Å²) in [6.07, 6.45) is -4.97. The fraction of sp³-hybridized carbons (Fsp3) is 0.222. The van der Waals surface area contributed by atoms with Gasteiger partial charge in [-0.1, -0.05) is 11.6 Å². The fourth-order valence-corrected chi connectivity index (χ4v) is 2.92. The zero-order chi connectivity index (χ0) is 22.9. The van der Waals surface area contributed by atoms with E-state index in [-0.39, 0.29) is 11.1 Å². The van der Waals surface area contributed by atoms with Crippen LogP contribution in [0.25, 0.3) is 0 Å². The van der Waals surface area contributed by atoms with Crippen LogP contribution in [0.15, 0.2) is 36.4 Å². The number of nitrogens with zero attached hydrogens (tertiary/aromatic N) is 1. The van der Waals surface area contributed by atoms with Gasteiger partial charge in [0.1, 0.15) is 0 Å². The molecule has 0 radical (unpaired) electrons. The number of ether oxygens (including phenoxy) is 2. The number of halogens is 5. The molecular weight excluding hydrogens is 438 g/mol. The van der Waals surface area contributed by atoms with Crippen molar-refractivity contribution in [2.24, 2.45) is 0 Å². The predicted molar refractivity (Wildman–Crippen MR) is 94.8 cm³/mol. The molecule has 0 fully saturated rings. The average Bonchev–Trinajstić information content (AvgIpc) is 2.70. The van der Waals surface area contributed by atoms with E-state index in [1.54, 1.807) is 0 Å². The molecule has 160 valence electrons. The normalized spacial score (nSPS) is 13.3. The highest BCUT2D eigenvalue weighted by Gasteiger charge is 2.51. The number of carbonyl (C=O) groups excluding carboxylic acids is 2. The summed E-state index contributed by atoms with van der Waals surface area (Å²) in [6.45, 7) is 0. The van der Waals surface area contributed by atoms with Gasteiger partial charge in [0, 0.05) is 16.7 Å². The molecule has 2 aromatic rings. The number of nitro benzene ring substituents is 1. The Morgan fingerprint density at radius 1 is 1.00 bits per heavy atom. The molecule has 0 bridgehead atoms. The van der Waals surface area contributed by atoms with Crippen LogP contribution in [0.3, 0.4) is 0 Å². The molecule has 12 heteroatoms. The fourth-order valence-electron chi connectivity index (χ4n) is 2.75. The Kier molecular flexibility index (Phi) is 6.36. The van der Waals surface area contributed by atoms with Gasteiger partial charge in [-0.05, 0) is 30.3 Å². The maximum Gasteiger partial charge on any atom is 0.416 e. The van der Waals surface area contributed by atoms with E-state index in [4.69, 9.17) is 11.6 Å². The molecule has 0 heterocycles. The van der Waals surface area contributed by atoms with Gasteiger partial charge >= 0.3 is 18.1 Å². The SMILES string of the molecule is COC(=O)c1ccc(Cl)cc1C(F)(C(=O)OC)c1ccc(C(F)(F)F)cc1[N+](=O)[O-]. The number of methoxy groups -OCH3 is 2. The van der Waals surface area contributed by atoms with E-state index in [1.165, 1.54) is 0 Å². The van der Waals surface area contributed by atoms with E-state index in [0.29, 0.717) is 12.1 Å². The molecule has 0 saturated heterocycles. The second kappa shape index (κ2) is 8.27. The molecule has 2 rings (SSSR count). The van der Waals surface area contributed by atoms with Crippen molar-refractivity contribution < 1.29 is 41.5 Å². The van der Waals surface area contributed by atoms with Crippen LogP contribution < -0.4 is 0 Å². The van der Waals surface area contributed by atoms with Gasteiger partial charge in [0.05, 0.1) is 35.8 Å². The molecule has 0 aliphatic carbocycles. The summed E-state index contributed by atoms with van der Waals surface area (Å²) in [6, 6.07) is 3.86. The summed E-state index contributed by atoms with van der Waals surface area (Å²) in [5.41, 5.74) is -8.77. The van der Waals surface area contributed by atoms with E-state index in [0.717, 1.165) is 32.4 Å². The van der Waals surface area contributed by atoms with E-state index in [9.17, 15) is 32.9 Å². The highest BCUT2D eigenvalue weighted by Crippen LogP contribution is 2.44. The summed E-state index contributed by atoms with van der Waals surface area (Å²) < 4.78 is 64.2. The zero-order valence-corrected chi connectivity index (χ0v) is 16.0. The lowest BCUT2D eigenvalue weighted by atomic mass is 9.83. The van der Waals surface area contributed by atoms with E-state index >= 15 is 4.39 Å². The lowest BCUT2D eigenvalue weighted by Gasteiger charge is -2.25. The highest BCUT2D eigenvalue weighted by molar-refractivity contribution is 6.30. The van der Waals surface area contributed by atoms with Gasteiger partial charge in [-0.2, -0.15) is 13.2 Å². The number of hydrogen-bond acceptors (Lipinski definition) is 6. The summed E-state index contributed by atoms with van der Waals surface area (Å²) >= 11 is 5.84. The Balaban J connectivity index is 2.95. The van der Waals surface area contributed by atoms with Gasteiger partial charge in [-0.25, -0.2) is 14.0 Å². The number of esters is 2. The van der Waals surface area contributed by atoms with E-state index in [2.05, 4.69) is 9.47 Å². The molecule has 2 aromatic carbocycles. The summed E-state index contributed by atoms with van der Waals surface area (Å²) in [4.78, 5) is 34.6. The van der Waals surface area contributed by atoms with Crippen molar-refractivity contribution in [2.45, 2.75) is 11.8 Å². The number of carbonyl (C=O) groups is 2. The van der Waals surface area contributed by atoms with Crippen LogP contribution in [0.4, 0.5) is 23.2 Å². The van der Waals surface area contributed by atoms with Crippen molar-refractivity contribution in [1.29, 1.82) is 0 Å². The summed E-state index contributed by atoms with van der Waals surface area (Å²) in [5.74, 6) is -2.85. The molecule has 30 heavy (non-hydrogen) atoms. The van der Waals surface area contributed by atoms with Crippen LogP contribution >= 0.6 is 11.6 Å². The lowest BCUT2D eigenvalue weighted by molar-refractivity contribution is -0.386. The molecule has 1 atom stereocenters. The third-order valence-electron chi connectivity index (χ3n) is 4.12. The van der Waals surface area contributed by atoms with Crippen LogP contribution in [0, 0.1) is 10.1 Å². The third-order valence-corrected chi connectivity index (χ3v) is 4.35. The lowest BCUT2D eigenvalue weighted by Crippen LogP contribution is -2.36. The minimum atomic E-state index is -4.97. The van der Waals surface area contributed by atoms with Crippen molar-refractivity contribution in [2.75, 3.05) is 14.2 Å². The average molecular weight is 450 g/mol. The molecule has 0 aromatic heterocycles. The Hall–Kier alpha value is -3.21. The Labute approximate surface area is 171 Å². The van der Waals surface area contributed by atoms with Crippen LogP contribution in [0.2, 0.25) is 5.02 Å². The van der Waals surface area contributed by atoms with Crippen molar-refractivity contribution >= 4 is 29.2 Å². The van der Waals surface area contributed by atoms with Gasteiger partial charge < -0.3 is 9.47 Å². The number of nitro groups is 1. The maximum atomic E-state index is 16.3. The molecule has 0 aliphatic rings. The minimum Gasteiger partial charge on any atom is -0.466 e. The predicted octanol–water partition coefficient (Wildman–Crippen LogP) is 4.44. The second-order valence-corrected chi connectivity index (χ2v) is 6.25. The number of hydrogen-bond donors (Lipinski definition) is 0. The third kappa shape index (κ3) is 4.06. The quantitative estimate of drug-likeness (QED) is 0.290. The molecule has 7 nitrogen and oxygen atoms in total. The Morgan fingerprint density at radius 3 is 2.13 bits per heavy atom. The Morgan fingerprint density at radius 2 is 1.63 bits per heavy atom. The molecule has 0 N–H and O–H groups in total. The van der Waals surface area contributed by atoms with Crippen molar-refractivity contribution in [1.82, 2.24) is 0 Å². The number of benzene rings is 2. The van der Waals surface area contributed by atoms with Crippen molar-refractivity contribution in [3.63, 3.8) is 0 Å². The minimum absolute atomic E-state index is 0.0783. The van der Waals surface area contributed by atoms with E-state index < -0.39 is 56.6 Å². The summed E-state index contributed by atoms with van der Waals surface area (Å²) in [5, 5.41) is 11.3. The first-order chi connectivity index (χ1) is 13.9. The second-order valence-electron chi connectivity index (χ2n) is 5.82. The van der Waals surface area contributed by atoms with Gasteiger partial charge in [-0.15, -0.1) is 0 Å². The first kappa shape index (κ1) is 23.1. The van der Waals surface area contributed by atoms with Gasteiger partial charge in [0.2, 0.25) is 0 Å². The molecule has 1 unspecified atom stereocenters. The molecule has 0 saturated carbocycles. The van der Waals surface area contributed by atoms with Gasteiger partial charge in [-0.3, -0.25) is 10.1 Å². The molecule has 0 amide bonds. The topological polar surface area (TPSA) is 95.7 Å². The van der Waals surface area contributed by atoms with Crippen LogP contribution in [-0.4, -0.2) is 31.1 Å². The summed E-state index contributed by atoms with van der Waals surface area (Å²) in [7, 11) is 1.72. The van der Waals surface area contributed by atoms with Crippen LogP contribution in [0.1, 0.15) is 27.0 Å². The van der Waals surface area contributed by atoms with Crippen LogP contribution in [0.5, 0.6) is 0 Å². The molecule has 0 aliphatic heterocycles. The van der Waals surface area contributed by atoms with Gasteiger partial charge in [0.25, 0.3) is 11.4 Å². The number of rotatable bonds is 5. The van der Waals surface area contributed by atoms with Gasteiger partial charge in [0.15, 0.2) is 0 Å². The molecular formula is C18H12ClF4NO6. The monoisotopic (exact) mass is 449 g/mol. The first-order valence-electron chi connectivity index (χ1n) is 7.89. The molecule has 0 spiro atoms. The Bertz CT molecular complexity index is 1030. The first-order valence-corrected chi connectivity index (χ1v) is 8.27. The number of alkyl halides is 4. The van der Waals surface area contributed by atoms with Crippen molar-refractivity contribution in [3.05, 3.63) is 73.8 Å². The maximum absolute atomic E-state index is 16.3.